The van der Waals surface area contributed by atoms with E-state index in [0.717, 1.165) is 12.0 Å². The molecule has 17 heavy (non-hydrogen) atoms. The zero-order chi connectivity index (χ0) is 11.2. The van der Waals surface area contributed by atoms with Gasteiger partial charge < -0.3 is 9.40 Å². The van der Waals surface area contributed by atoms with Gasteiger partial charge in [0, 0.05) is 18.2 Å². The Morgan fingerprint density at radius 3 is 3.00 bits per heavy atom. The smallest absolute Gasteiger partial charge is 0.249 e. The summed E-state index contributed by atoms with van der Waals surface area (Å²) in [6.45, 7) is 0. The van der Waals surface area contributed by atoms with Gasteiger partial charge in [-0.2, -0.15) is 0 Å². The molecule has 0 bridgehead atoms. The highest BCUT2D eigenvalue weighted by molar-refractivity contribution is 5.80. The summed E-state index contributed by atoms with van der Waals surface area (Å²) in [6.07, 6.45) is 4.22. The fourth-order valence-corrected chi connectivity index (χ4v) is 2.47. The van der Waals surface area contributed by atoms with Crippen LogP contribution in [0.4, 0.5) is 0 Å². The number of aromatic amines is 1. The minimum atomic E-state index is 0.579. The number of hydrogen-bond donors (Lipinski definition) is 1. The predicted molar refractivity (Wildman–Crippen MR) is 62.3 cm³/mol. The van der Waals surface area contributed by atoms with Crippen LogP contribution >= 0.6 is 0 Å². The normalized spacial score (nSPS) is 12.5. The van der Waals surface area contributed by atoms with Crippen LogP contribution in [0.25, 0.3) is 22.7 Å². The maximum absolute atomic E-state index is 5.26. The van der Waals surface area contributed by atoms with Gasteiger partial charge >= 0.3 is 0 Å². The summed E-state index contributed by atoms with van der Waals surface area (Å²) < 4.78 is 5.26. The Morgan fingerprint density at radius 1 is 1.18 bits per heavy atom. The van der Waals surface area contributed by atoms with Crippen molar-refractivity contribution in [1.29, 1.82) is 0 Å². The van der Waals surface area contributed by atoms with E-state index in [1.807, 2.05) is 6.20 Å². The van der Waals surface area contributed by atoms with Crippen molar-refractivity contribution in [3.8, 4) is 22.7 Å². The second kappa shape index (κ2) is 3.07. The summed E-state index contributed by atoms with van der Waals surface area (Å²) in [7, 11) is 0. The first-order valence-electron chi connectivity index (χ1n) is 5.48. The monoisotopic (exact) mass is 223 g/mol. The van der Waals surface area contributed by atoms with E-state index >= 15 is 0 Å². The predicted octanol–water partition coefficient (Wildman–Crippen LogP) is 2.64. The summed E-state index contributed by atoms with van der Waals surface area (Å²) in [5.41, 5.74) is 6.04. The molecular weight excluding hydrogens is 214 g/mol. The number of benzene rings is 1. The van der Waals surface area contributed by atoms with Crippen molar-refractivity contribution in [3.63, 3.8) is 0 Å². The van der Waals surface area contributed by atoms with E-state index in [9.17, 15) is 0 Å². The molecule has 0 radical (unpaired) electrons. The molecule has 0 saturated carbocycles. The molecule has 0 atom stereocenters. The van der Waals surface area contributed by atoms with Gasteiger partial charge in [0.15, 0.2) is 0 Å². The summed E-state index contributed by atoms with van der Waals surface area (Å²) in [6, 6.07) is 8.41. The fourth-order valence-electron chi connectivity index (χ4n) is 2.47. The SMILES string of the molecule is c1ccc2c(c1)Cc1c(-c3nnco3)c[nH]c1-2. The van der Waals surface area contributed by atoms with Crippen LogP contribution in [-0.4, -0.2) is 15.2 Å². The van der Waals surface area contributed by atoms with Gasteiger partial charge in [0.25, 0.3) is 0 Å². The van der Waals surface area contributed by atoms with Gasteiger partial charge in [0.1, 0.15) is 0 Å². The molecule has 82 valence electrons. The molecule has 0 spiro atoms. The Hall–Kier alpha value is -2.36. The second-order valence-electron chi connectivity index (χ2n) is 4.13. The number of H-pyrrole nitrogens is 1. The Morgan fingerprint density at radius 2 is 2.12 bits per heavy atom. The topological polar surface area (TPSA) is 54.7 Å². The number of rotatable bonds is 1. The molecule has 0 saturated heterocycles. The van der Waals surface area contributed by atoms with Crippen molar-refractivity contribution in [2.24, 2.45) is 0 Å². The maximum Gasteiger partial charge on any atom is 0.249 e. The third-order valence-electron chi connectivity index (χ3n) is 3.23. The zero-order valence-electron chi connectivity index (χ0n) is 8.97. The zero-order valence-corrected chi connectivity index (χ0v) is 8.97. The van der Waals surface area contributed by atoms with Gasteiger partial charge in [0.2, 0.25) is 12.3 Å². The van der Waals surface area contributed by atoms with Crippen LogP contribution in [0.2, 0.25) is 0 Å². The van der Waals surface area contributed by atoms with E-state index in [1.54, 1.807) is 0 Å². The third-order valence-corrected chi connectivity index (χ3v) is 3.23. The molecular formula is C13H9N3O. The first-order chi connectivity index (χ1) is 8.43. The van der Waals surface area contributed by atoms with Gasteiger partial charge in [-0.05, 0) is 11.1 Å². The molecule has 1 aliphatic rings. The molecule has 2 aromatic heterocycles. The fraction of sp³-hybridized carbons (Fsp3) is 0.0769. The molecule has 1 N–H and O–H groups in total. The Kier molecular flexibility index (Phi) is 1.58. The molecule has 0 aliphatic heterocycles. The van der Waals surface area contributed by atoms with Crippen molar-refractivity contribution in [3.05, 3.63) is 48.0 Å². The van der Waals surface area contributed by atoms with E-state index in [-0.39, 0.29) is 0 Å². The highest BCUT2D eigenvalue weighted by Gasteiger charge is 2.24. The molecule has 4 heteroatoms. The highest BCUT2D eigenvalue weighted by atomic mass is 16.4. The van der Waals surface area contributed by atoms with Crippen molar-refractivity contribution in [2.75, 3.05) is 0 Å². The van der Waals surface area contributed by atoms with Crippen LogP contribution in [0.15, 0.2) is 41.3 Å². The number of fused-ring (bicyclic) bond motifs is 3. The molecule has 2 heterocycles. The maximum atomic E-state index is 5.26. The number of aromatic nitrogens is 3. The van der Waals surface area contributed by atoms with Crippen LogP contribution < -0.4 is 0 Å². The minimum Gasteiger partial charge on any atom is -0.423 e. The van der Waals surface area contributed by atoms with Crippen molar-refractivity contribution < 1.29 is 4.42 Å². The lowest BCUT2D eigenvalue weighted by molar-refractivity contribution is 0.568. The van der Waals surface area contributed by atoms with E-state index in [1.165, 1.54) is 28.8 Å². The van der Waals surface area contributed by atoms with Crippen LogP contribution in [0.3, 0.4) is 0 Å². The number of nitrogens with zero attached hydrogens (tertiary/aromatic N) is 2. The summed E-state index contributed by atoms with van der Waals surface area (Å²) in [4.78, 5) is 3.30. The lowest BCUT2D eigenvalue weighted by Crippen LogP contribution is -1.83. The number of nitrogens with one attached hydrogen (secondary N) is 1. The molecule has 0 fully saturated rings. The average Bonchev–Trinajstić information content (AvgIpc) is 3.04. The third kappa shape index (κ3) is 1.12. The largest absolute Gasteiger partial charge is 0.423 e. The lowest BCUT2D eigenvalue weighted by atomic mass is 10.1. The van der Waals surface area contributed by atoms with Gasteiger partial charge in [0.05, 0.1) is 11.3 Å². The molecule has 4 rings (SSSR count). The molecule has 4 nitrogen and oxygen atoms in total. The highest BCUT2D eigenvalue weighted by Crippen LogP contribution is 2.40. The first-order valence-corrected chi connectivity index (χ1v) is 5.48. The van der Waals surface area contributed by atoms with Crippen LogP contribution in [-0.2, 0) is 6.42 Å². The number of hydrogen-bond acceptors (Lipinski definition) is 3. The molecule has 1 aliphatic carbocycles. The Balaban J connectivity index is 1.93. The van der Waals surface area contributed by atoms with Crippen LogP contribution in [0, 0.1) is 0 Å². The Labute approximate surface area is 97.3 Å². The summed E-state index contributed by atoms with van der Waals surface area (Å²) in [5, 5.41) is 7.68. The first kappa shape index (κ1) is 8.75. The van der Waals surface area contributed by atoms with E-state index < -0.39 is 0 Å². The van der Waals surface area contributed by atoms with Gasteiger partial charge in [-0.25, -0.2) is 0 Å². The lowest BCUT2D eigenvalue weighted by Gasteiger charge is -1.96. The van der Waals surface area contributed by atoms with E-state index in [0.29, 0.717) is 5.89 Å². The molecule has 1 aromatic carbocycles. The van der Waals surface area contributed by atoms with E-state index in [4.69, 9.17) is 4.42 Å². The average molecular weight is 223 g/mol. The summed E-state index contributed by atoms with van der Waals surface area (Å²) >= 11 is 0. The quantitative estimate of drug-likeness (QED) is 0.539. The van der Waals surface area contributed by atoms with Crippen molar-refractivity contribution in [1.82, 2.24) is 15.2 Å². The van der Waals surface area contributed by atoms with Crippen molar-refractivity contribution in [2.45, 2.75) is 6.42 Å². The van der Waals surface area contributed by atoms with Gasteiger partial charge in [-0.1, -0.05) is 24.3 Å². The van der Waals surface area contributed by atoms with Crippen LogP contribution in [0.5, 0.6) is 0 Å². The summed E-state index contributed by atoms with van der Waals surface area (Å²) in [5.74, 6) is 0.579. The Bertz CT molecular complexity index is 683. The minimum absolute atomic E-state index is 0.579. The van der Waals surface area contributed by atoms with E-state index in [2.05, 4.69) is 39.4 Å². The molecule has 3 aromatic rings. The van der Waals surface area contributed by atoms with Gasteiger partial charge in [-0.15, -0.1) is 10.2 Å². The standard InChI is InChI=1S/C13H9N3O/c1-2-4-9-8(3-1)5-10-11(6-14-12(9)10)13-16-15-7-17-13/h1-4,6-7,14H,5H2. The van der Waals surface area contributed by atoms with Crippen molar-refractivity contribution >= 4 is 0 Å². The molecule has 0 amide bonds. The van der Waals surface area contributed by atoms with Crippen LogP contribution in [0.1, 0.15) is 11.1 Å². The molecule has 0 unspecified atom stereocenters. The van der Waals surface area contributed by atoms with Gasteiger partial charge in [-0.3, -0.25) is 0 Å². The second-order valence-corrected chi connectivity index (χ2v) is 4.13.